The number of amides is 1. The lowest BCUT2D eigenvalue weighted by Crippen LogP contribution is -2.41. The van der Waals surface area contributed by atoms with Crippen LogP contribution in [-0.4, -0.2) is 55.2 Å². The highest BCUT2D eigenvalue weighted by Crippen LogP contribution is 2.38. The molecular formula is C20H28N2O5. The molecular weight excluding hydrogens is 348 g/mol. The number of nitrogens with zero attached hydrogens (tertiary/aromatic N) is 1. The summed E-state index contributed by atoms with van der Waals surface area (Å²) in [7, 11) is 1.62. The van der Waals surface area contributed by atoms with Crippen molar-refractivity contribution in [1.82, 2.24) is 10.2 Å². The van der Waals surface area contributed by atoms with Crippen LogP contribution in [0.5, 0.6) is 11.5 Å². The van der Waals surface area contributed by atoms with Gasteiger partial charge in [0, 0.05) is 19.1 Å². The second-order valence-corrected chi connectivity index (χ2v) is 7.98. The molecule has 2 aliphatic rings. The van der Waals surface area contributed by atoms with Crippen LogP contribution in [0.4, 0.5) is 4.79 Å². The number of carbonyl (C=O) groups excluding carboxylic acids is 2. The Hall–Kier alpha value is -2.28. The van der Waals surface area contributed by atoms with E-state index < -0.39 is 11.7 Å². The average Bonchev–Trinajstić information content (AvgIpc) is 3.19. The monoisotopic (exact) mass is 376 g/mol. The van der Waals surface area contributed by atoms with Crippen LogP contribution in [0.1, 0.15) is 49.5 Å². The van der Waals surface area contributed by atoms with E-state index in [-0.39, 0.29) is 18.4 Å². The number of alkyl carbamates (subject to hydrolysis) is 1. The molecule has 27 heavy (non-hydrogen) atoms. The number of hydrogen-bond donors (Lipinski definition) is 1. The standard InChI is InChI=1S/C20H28N2O5/c1-20(2,3)27-19(24)21-10-13-6-5-9-22(13)11-15-17(25-4)8-7-14-16(23)12-26-18(14)15/h7-8,13H,5-6,9-12H2,1-4H3,(H,21,24)/t13-/m1/s1. The third-order valence-corrected chi connectivity index (χ3v) is 4.83. The van der Waals surface area contributed by atoms with Gasteiger partial charge in [-0.15, -0.1) is 0 Å². The Bertz CT molecular complexity index is 726. The van der Waals surface area contributed by atoms with Gasteiger partial charge < -0.3 is 19.5 Å². The quantitative estimate of drug-likeness (QED) is 0.852. The zero-order valence-electron chi connectivity index (χ0n) is 16.5. The number of rotatable bonds is 5. The molecule has 2 heterocycles. The summed E-state index contributed by atoms with van der Waals surface area (Å²) in [6, 6.07) is 3.79. The molecule has 1 aromatic rings. The lowest BCUT2D eigenvalue weighted by molar-refractivity contribution is 0.0512. The van der Waals surface area contributed by atoms with Gasteiger partial charge in [0.2, 0.25) is 5.78 Å². The van der Waals surface area contributed by atoms with Crippen molar-refractivity contribution in [2.24, 2.45) is 0 Å². The van der Waals surface area contributed by atoms with E-state index >= 15 is 0 Å². The Labute approximate surface area is 160 Å². The Balaban J connectivity index is 1.68. The van der Waals surface area contributed by atoms with Crippen LogP contribution in [0.25, 0.3) is 0 Å². The zero-order chi connectivity index (χ0) is 19.6. The Morgan fingerprint density at radius 3 is 2.85 bits per heavy atom. The summed E-state index contributed by atoms with van der Waals surface area (Å²) in [4.78, 5) is 26.2. The molecule has 1 aromatic carbocycles. The van der Waals surface area contributed by atoms with Gasteiger partial charge in [0.05, 0.1) is 18.2 Å². The molecule has 7 heteroatoms. The molecule has 148 valence electrons. The second-order valence-electron chi connectivity index (χ2n) is 7.98. The predicted octanol–water partition coefficient (Wildman–Crippen LogP) is 2.76. The maximum atomic E-state index is 12.0. The number of benzene rings is 1. The number of ketones is 1. The molecule has 0 saturated carbocycles. The normalized spacial score (nSPS) is 19.6. The van der Waals surface area contributed by atoms with Crippen LogP contribution in [-0.2, 0) is 11.3 Å². The molecule has 0 spiro atoms. The summed E-state index contributed by atoms with van der Waals surface area (Å²) in [5.74, 6) is 1.35. The van der Waals surface area contributed by atoms with Gasteiger partial charge in [-0.25, -0.2) is 4.79 Å². The highest BCUT2D eigenvalue weighted by atomic mass is 16.6. The Kier molecular flexibility index (Phi) is 5.60. The van der Waals surface area contributed by atoms with Gasteiger partial charge in [-0.2, -0.15) is 0 Å². The third kappa shape index (κ3) is 4.53. The van der Waals surface area contributed by atoms with E-state index in [1.807, 2.05) is 26.8 Å². The van der Waals surface area contributed by atoms with Crippen LogP contribution in [0.15, 0.2) is 12.1 Å². The van der Waals surface area contributed by atoms with Crippen molar-refractivity contribution in [3.05, 3.63) is 23.3 Å². The number of nitrogens with one attached hydrogen (secondary N) is 1. The number of methoxy groups -OCH3 is 1. The third-order valence-electron chi connectivity index (χ3n) is 4.83. The van der Waals surface area contributed by atoms with Crippen molar-refractivity contribution in [3.63, 3.8) is 0 Å². The van der Waals surface area contributed by atoms with E-state index in [1.54, 1.807) is 13.2 Å². The summed E-state index contributed by atoms with van der Waals surface area (Å²) in [6.45, 7) is 7.67. The van der Waals surface area contributed by atoms with E-state index in [0.717, 1.165) is 24.9 Å². The fraction of sp³-hybridized carbons (Fsp3) is 0.600. The molecule has 1 amide bonds. The highest BCUT2D eigenvalue weighted by Gasteiger charge is 2.31. The first kappa shape index (κ1) is 19.5. The minimum absolute atomic E-state index is 0.00142. The fourth-order valence-electron chi connectivity index (χ4n) is 3.60. The van der Waals surface area contributed by atoms with Crippen LogP contribution in [0.3, 0.4) is 0 Å². The minimum Gasteiger partial charge on any atom is -0.496 e. The van der Waals surface area contributed by atoms with Gasteiger partial charge in [0.1, 0.15) is 17.1 Å². The molecule has 0 aliphatic carbocycles. The van der Waals surface area contributed by atoms with Gasteiger partial charge in [-0.05, 0) is 52.3 Å². The molecule has 3 rings (SSSR count). The molecule has 2 aliphatic heterocycles. The largest absolute Gasteiger partial charge is 0.496 e. The van der Waals surface area contributed by atoms with Crippen molar-refractivity contribution < 1.29 is 23.8 Å². The first-order valence-corrected chi connectivity index (χ1v) is 9.35. The van der Waals surface area contributed by atoms with Crippen molar-refractivity contribution in [2.45, 2.75) is 51.8 Å². The lowest BCUT2D eigenvalue weighted by Gasteiger charge is -2.27. The van der Waals surface area contributed by atoms with E-state index in [9.17, 15) is 9.59 Å². The Morgan fingerprint density at radius 1 is 1.37 bits per heavy atom. The van der Waals surface area contributed by atoms with Gasteiger partial charge in [-0.3, -0.25) is 9.69 Å². The average molecular weight is 376 g/mol. The van der Waals surface area contributed by atoms with E-state index in [1.165, 1.54) is 0 Å². The molecule has 1 saturated heterocycles. The van der Waals surface area contributed by atoms with Crippen molar-refractivity contribution in [1.29, 1.82) is 0 Å². The maximum Gasteiger partial charge on any atom is 0.407 e. The molecule has 0 bridgehead atoms. The minimum atomic E-state index is -0.513. The zero-order valence-corrected chi connectivity index (χ0v) is 16.5. The van der Waals surface area contributed by atoms with E-state index in [4.69, 9.17) is 14.2 Å². The van der Waals surface area contributed by atoms with Crippen LogP contribution in [0.2, 0.25) is 0 Å². The van der Waals surface area contributed by atoms with Gasteiger partial charge in [0.25, 0.3) is 0 Å². The van der Waals surface area contributed by atoms with Gasteiger partial charge >= 0.3 is 6.09 Å². The van der Waals surface area contributed by atoms with E-state index in [2.05, 4.69) is 10.2 Å². The number of likely N-dealkylation sites (tertiary alicyclic amines) is 1. The van der Waals surface area contributed by atoms with E-state index in [0.29, 0.717) is 30.2 Å². The van der Waals surface area contributed by atoms with Crippen LogP contribution >= 0.6 is 0 Å². The smallest absolute Gasteiger partial charge is 0.407 e. The van der Waals surface area contributed by atoms with Gasteiger partial charge in [-0.1, -0.05) is 0 Å². The lowest BCUT2D eigenvalue weighted by atomic mass is 10.1. The molecule has 0 aromatic heterocycles. The van der Waals surface area contributed by atoms with Crippen molar-refractivity contribution in [2.75, 3.05) is 26.8 Å². The topological polar surface area (TPSA) is 77.1 Å². The first-order chi connectivity index (χ1) is 12.8. The molecule has 1 N–H and O–H groups in total. The van der Waals surface area contributed by atoms with Crippen molar-refractivity contribution >= 4 is 11.9 Å². The number of fused-ring (bicyclic) bond motifs is 1. The SMILES string of the molecule is COc1ccc2c(c1CN1CCC[C@@H]1CNC(=O)OC(C)(C)C)OCC2=O. The second kappa shape index (κ2) is 7.76. The molecule has 7 nitrogen and oxygen atoms in total. The Morgan fingerprint density at radius 2 is 2.15 bits per heavy atom. The van der Waals surface area contributed by atoms with Crippen LogP contribution < -0.4 is 14.8 Å². The molecule has 1 atom stereocenters. The fourth-order valence-corrected chi connectivity index (χ4v) is 3.60. The van der Waals surface area contributed by atoms with Crippen LogP contribution in [0, 0.1) is 0 Å². The maximum absolute atomic E-state index is 12.0. The number of hydrogen-bond acceptors (Lipinski definition) is 6. The summed E-state index contributed by atoms with van der Waals surface area (Å²) >= 11 is 0. The summed E-state index contributed by atoms with van der Waals surface area (Å²) in [5.41, 5.74) is 1.000. The highest BCUT2D eigenvalue weighted by molar-refractivity contribution is 6.03. The molecule has 1 fully saturated rings. The first-order valence-electron chi connectivity index (χ1n) is 9.35. The molecule has 0 unspecified atom stereocenters. The predicted molar refractivity (Wildman–Crippen MR) is 100 cm³/mol. The number of Topliss-reactive ketones (excluding diaryl/α,β-unsaturated/α-hetero) is 1. The summed E-state index contributed by atoms with van der Waals surface area (Å²) < 4.78 is 16.4. The number of carbonyl (C=O) groups is 2. The number of ether oxygens (including phenoxy) is 3. The molecule has 0 radical (unpaired) electrons. The van der Waals surface area contributed by atoms with Crippen molar-refractivity contribution in [3.8, 4) is 11.5 Å². The summed E-state index contributed by atoms with van der Waals surface area (Å²) in [6.07, 6.45) is 1.64. The van der Waals surface area contributed by atoms with Gasteiger partial charge in [0.15, 0.2) is 6.61 Å². The summed E-state index contributed by atoms with van der Waals surface area (Å²) in [5, 5.41) is 2.87.